The molecule has 12 aromatic rings. The molecule has 0 bridgehead atoms. The van der Waals surface area contributed by atoms with Crippen LogP contribution in [0, 0.1) is 0 Å². The molecule has 0 fully saturated rings. The molecule has 0 aliphatic heterocycles. The average molecular weight is 733 g/mol. The van der Waals surface area contributed by atoms with Crippen LogP contribution in [0.4, 0.5) is 17.1 Å². The molecule has 12 rings (SSSR count). The number of furan rings is 1. The molecule has 0 aliphatic carbocycles. The van der Waals surface area contributed by atoms with E-state index in [1.165, 1.54) is 63.9 Å². The van der Waals surface area contributed by atoms with Crippen molar-refractivity contribution in [2.75, 3.05) is 4.90 Å². The van der Waals surface area contributed by atoms with Crippen LogP contribution in [0.25, 0.3) is 91.5 Å². The summed E-state index contributed by atoms with van der Waals surface area (Å²) in [5.41, 5.74) is 10.9. The van der Waals surface area contributed by atoms with Gasteiger partial charge in [0.1, 0.15) is 11.2 Å². The van der Waals surface area contributed by atoms with Gasteiger partial charge in [0, 0.05) is 60.1 Å². The Morgan fingerprint density at radius 1 is 0.411 bits per heavy atom. The van der Waals surface area contributed by atoms with Crippen molar-refractivity contribution in [2.24, 2.45) is 0 Å². The van der Waals surface area contributed by atoms with E-state index < -0.39 is 0 Å². The summed E-state index contributed by atoms with van der Waals surface area (Å²) in [6.45, 7) is 0. The molecule has 0 atom stereocenters. The fourth-order valence-corrected chi connectivity index (χ4v) is 9.94. The van der Waals surface area contributed by atoms with Crippen LogP contribution in [0.15, 0.2) is 199 Å². The highest BCUT2D eigenvalue weighted by Crippen LogP contribution is 2.48. The maximum Gasteiger partial charge on any atom is 0.137 e. The molecule has 0 aliphatic rings. The minimum absolute atomic E-state index is 0.870. The molecular formula is C52H32N2OS. The number of anilines is 3. The van der Waals surface area contributed by atoms with Gasteiger partial charge in [-0.3, -0.25) is 0 Å². The van der Waals surface area contributed by atoms with E-state index in [0.717, 1.165) is 44.7 Å². The third-order valence-electron chi connectivity index (χ3n) is 11.3. The van der Waals surface area contributed by atoms with Crippen LogP contribution < -0.4 is 4.90 Å². The molecule has 0 saturated carbocycles. The molecule has 0 radical (unpaired) electrons. The van der Waals surface area contributed by atoms with Gasteiger partial charge in [-0.15, -0.1) is 11.3 Å². The Balaban J connectivity index is 1.17. The van der Waals surface area contributed by atoms with Gasteiger partial charge < -0.3 is 13.9 Å². The van der Waals surface area contributed by atoms with Crippen molar-refractivity contribution >= 4 is 103 Å². The summed E-state index contributed by atoms with van der Waals surface area (Å²) in [6.07, 6.45) is 0. The maximum absolute atomic E-state index is 6.51. The first kappa shape index (κ1) is 31.2. The van der Waals surface area contributed by atoms with E-state index in [-0.39, 0.29) is 0 Å². The number of benzene rings is 9. The van der Waals surface area contributed by atoms with Crippen molar-refractivity contribution in [1.82, 2.24) is 4.57 Å². The van der Waals surface area contributed by atoms with Crippen LogP contribution in [-0.2, 0) is 0 Å². The number of para-hydroxylation sites is 2. The van der Waals surface area contributed by atoms with Crippen molar-refractivity contribution < 1.29 is 4.42 Å². The minimum atomic E-state index is 0.870. The van der Waals surface area contributed by atoms with E-state index in [1.54, 1.807) is 0 Å². The van der Waals surface area contributed by atoms with Gasteiger partial charge >= 0.3 is 0 Å². The standard InChI is InChI=1S/C52H32N2OS/c1-2-12-33(13-3-1)36-23-27-47-44(29-36)40-16-6-9-19-46(40)54(47)39-30-45-43-18-8-11-21-51(43)56-52(45)48(31-39)53(37-24-22-34-14-4-5-15-35(34)28-37)38-25-26-42-41-17-7-10-20-49(41)55-50(42)32-38/h1-32H. The second-order valence-electron chi connectivity index (χ2n) is 14.5. The maximum atomic E-state index is 6.51. The Hall–Kier alpha value is -7.14. The number of aromatic nitrogens is 1. The van der Waals surface area contributed by atoms with Crippen molar-refractivity contribution in [1.29, 1.82) is 0 Å². The molecule has 0 unspecified atom stereocenters. The van der Waals surface area contributed by atoms with Crippen LogP contribution in [0.1, 0.15) is 0 Å². The highest BCUT2D eigenvalue weighted by molar-refractivity contribution is 7.26. The van der Waals surface area contributed by atoms with Gasteiger partial charge in [-0.1, -0.05) is 121 Å². The highest BCUT2D eigenvalue weighted by atomic mass is 32.1. The average Bonchev–Trinajstić information content (AvgIpc) is 3.93. The number of rotatable bonds is 5. The summed E-state index contributed by atoms with van der Waals surface area (Å²) >= 11 is 1.86. The van der Waals surface area contributed by atoms with Gasteiger partial charge in [-0.2, -0.15) is 0 Å². The fraction of sp³-hybridized carbons (Fsp3) is 0. The monoisotopic (exact) mass is 732 g/mol. The molecule has 0 spiro atoms. The molecule has 4 heteroatoms. The number of thiophene rings is 1. The highest BCUT2D eigenvalue weighted by Gasteiger charge is 2.23. The van der Waals surface area contributed by atoms with Crippen LogP contribution >= 0.6 is 11.3 Å². The van der Waals surface area contributed by atoms with E-state index in [1.807, 2.05) is 17.4 Å². The Bertz CT molecular complexity index is 3500. The molecule has 3 aromatic heterocycles. The van der Waals surface area contributed by atoms with E-state index in [0.29, 0.717) is 0 Å². The number of hydrogen-bond acceptors (Lipinski definition) is 3. The molecule has 3 nitrogen and oxygen atoms in total. The molecule has 0 amide bonds. The van der Waals surface area contributed by atoms with E-state index in [2.05, 4.69) is 198 Å². The fourth-order valence-electron chi connectivity index (χ4n) is 8.75. The lowest BCUT2D eigenvalue weighted by atomic mass is 10.0. The SMILES string of the molecule is c1ccc(-c2ccc3c(c2)c2ccccc2n3-c2cc(N(c3ccc4ccccc4c3)c3ccc4c(c3)oc3ccccc34)c3sc4ccccc4c3c2)cc1. The van der Waals surface area contributed by atoms with Gasteiger partial charge in [-0.05, 0) is 88.6 Å². The summed E-state index contributed by atoms with van der Waals surface area (Å²) in [5.74, 6) is 0. The lowest BCUT2D eigenvalue weighted by molar-refractivity contribution is 0.669. The largest absolute Gasteiger partial charge is 0.456 e. The van der Waals surface area contributed by atoms with E-state index in [9.17, 15) is 0 Å². The molecular weight excluding hydrogens is 701 g/mol. The van der Waals surface area contributed by atoms with Crippen molar-refractivity contribution in [3.8, 4) is 16.8 Å². The summed E-state index contributed by atoms with van der Waals surface area (Å²) in [6, 6.07) is 70.4. The Morgan fingerprint density at radius 3 is 2.02 bits per heavy atom. The number of fused-ring (bicyclic) bond motifs is 10. The topological polar surface area (TPSA) is 21.3 Å². The van der Waals surface area contributed by atoms with Gasteiger partial charge in [0.05, 0.1) is 21.4 Å². The van der Waals surface area contributed by atoms with Crippen LogP contribution in [0.3, 0.4) is 0 Å². The zero-order valence-corrected chi connectivity index (χ0v) is 31.0. The summed E-state index contributed by atoms with van der Waals surface area (Å²) < 4.78 is 11.5. The van der Waals surface area contributed by atoms with Crippen molar-refractivity contribution in [3.05, 3.63) is 194 Å². The first-order valence-electron chi connectivity index (χ1n) is 19.0. The second-order valence-corrected chi connectivity index (χ2v) is 15.6. The molecule has 0 N–H and O–H groups in total. The van der Waals surface area contributed by atoms with Crippen molar-refractivity contribution in [3.63, 3.8) is 0 Å². The third-order valence-corrected chi connectivity index (χ3v) is 12.5. The Morgan fingerprint density at radius 2 is 1.11 bits per heavy atom. The molecule has 0 saturated heterocycles. The Labute approximate surface area is 326 Å². The smallest absolute Gasteiger partial charge is 0.137 e. The number of nitrogens with zero attached hydrogens (tertiary/aromatic N) is 2. The van der Waals surface area contributed by atoms with Gasteiger partial charge in [-0.25, -0.2) is 0 Å². The quantitative estimate of drug-likeness (QED) is 0.176. The zero-order chi connectivity index (χ0) is 36.7. The van der Waals surface area contributed by atoms with E-state index >= 15 is 0 Å². The van der Waals surface area contributed by atoms with Gasteiger partial charge in [0.25, 0.3) is 0 Å². The number of hydrogen-bond donors (Lipinski definition) is 0. The third kappa shape index (κ3) is 4.76. The van der Waals surface area contributed by atoms with Crippen molar-refractivity contribution in [2.45, 2.75) is 0 Å². The van der Waals surface area contributed by atoms with Crippen LogP contribution in [0.2, 0.25) is 0 Å². The zero-order valence-electron chi connectivity index (χ0n) is 30.2. The van der Waals surface area contributed by atoms with Crippen LogP contribution in [-0.4, -0.2) is 4.57 Å². The molecule has 3 heterocycles. The minimum Gasteiger partial charge on any atom is -0.456 e. The molecule has 56 heavy (non-hydrogen) atoms. The predicted octanol–water partition coefficient (Wildman–Crippen LogP) is 15.3. The Kier molecular flexibility index (Phi) is 6.80. The van der Waals surface area contributed by atoms with Crippen LogP contribution in [0.5, 0.6) is 0 Å². The molecule has 9 aromatic carbocycles. The van der Waals surface area contributed by atoms with Gasteiger partial charge in [0.15, 0.2) is 0 Å². The first-order chi connectivity index (χ1) is 27.7. The first-order valence-corrected chi connectivity index (χ1v) is 19.8. The predicted molar refractivity (Wildman–Crippen MR) is 239 cm³/mol. The second kappa shape index (κ2) is 12.2. The lowest BCUT2D eigenvalue weighted by Crippen LogP contribution is -2.11. The lowest BCUT2D eigenvalue weighted by Gasteiger charge is -2.27. The van der Waals surface area contributed by atoms with Gasteiger partial charge in [0.2, 0.25) is 0 Å². The van der Waals surface area contributed by atoms with E-state index in [4.69, 9.17) is 4.42 Å². The normalized spacial score (nSPS) is 11.9. The summed E-state index contributed by atoms with van der Waals surface area (Å²) in [4.78, 5) is 2.43. The molecule has 262 valence electrons. The summed E-state index contributed by atoms with van der Waals surface area (Å²) in [7, 11) is 0. The summed E-state index contributed by atoms with van der Waals surface area (Å²) in [5, 5.41) is 9.62.